The highest BCUT2D eigenvalue weighted by Gasteiger charge is 2.07. The molecule has 1 aromatic carbocycles. The fraction of sp³-hybridized carbons (Fsp3) is 0.250. The molecule has 0 unspecified atom stereocenters. The van der Waals surface area contributed by atoms with Gasteiger partial charge in [-0.1, -0.05) is 36.7 Å². The number of hydrogen-bond acceptors (Lipinski definition) is 3. The van der Waals surface area contributed by atoms with Crippen LogP contribution in [0.25, 0.3) is 0 Å². The van der Waals surface area contributed by atoms with Gasteiger partial charge in [0.2, 0.25) is 0 Å². The number of pyridine rings is 1. The predicted octanol–water partition coefficient (Wildman–Crippen LogP) is 3.49. The molecule has 4 nitrogen and oxygen atoms in total. The largest absolute Gasteiger partial charge is 0.370 e. The zero-order valence-electron chi connectivity index (χ0n) is 11.9. The number of anilines is 1. The number of halogens is 1. The van der Waals surface area contributed by atoms with Crippen LogP contribution in [-0.2, 0) is 6.54 Å². The summed E-state index contributed by atoms with van der Waals surface area (Å²) in [5.41, 5.74) is 1.40. The van der Waals surface area contributed by atoms with Crippen LogP contribution < -0.4 is 10.6 Å². The average Bonchev–Trinajstić information content (AvgIpc) is 2.52. The Morgan fingerprint density at radius 1 is 1.19 bits per heavy atom. The van der Waals surface area contributed by atoms with Crippen molar-refractivity contribution < 1.29 is 4.79 Å². The first-order chi connectivity index (χ1) is 10.2. The molecule has 2 aromatic rings. The number of nitrogens with zero attached hydrogens (tertiary/aromatic N) is 1. The molecule has 0 saturated carbocycles. The second kappa shape index (κ2) is 7.64. The zero-order valence-corrected chi connectivity index (χ0v) is 12.7. The lowest BCUT2D eigenvalue weighted by molar-refractivity contribution is 0.0946. The molecule has 2 rings (SSSR count). The number of aromatic nitrogens is 1. The lowest BCUT2D eigenvalue weighted by Gasteiger charge is -2.07. The van der Waals surface area contributed by atoms with Crippen LogP contribution in [-0.4, -0.2) is 17.4 Å². The van der Waals surface area contributed by atoms with Crippen molar-refractivity contribution in [3.05, 3.63) is 58.7 Å². The summed E-state index contributed by atoms with van der Waals surface area (Å²) in [6, 6.07) is 12.7. The highest BCUT2D eigenvalue weighted by atomic mass is 35.5. The highest BCUT2D eigenvalue weighted by Crippen LogP contribution is 2.10. The monoisotopic (exact) mass is 303 g/mol. The first-order valence-electron chi connectivity index (χ1n) is 6.92. The van der Waals surface area contributed by atoms with Crippen molar-refractivity contribution in [1.82, 2.24) is 10.3 Å². The van der Waals surface area contributed by atoms with Gasteiger partial charge in [0, 0.05) is 18.1 Å². The van der Waals surface area contributed by atoms with Crippen molar-refractivity contribution in [1.29, 1.82) is 0 Å². The summed E-state index contributed by atoms with van der Waals surface area (Å²) < 4.78 is 0. The molecule has 1 heterocycles. The van der Waals surface area contributed by atoms with E-state index in [1.165, 1.54) is 0 Å². The molecule has 5 heteroatoms. The maximum Gasteiger partial charge on any atom is 0.270 e. The van der Waals surface area contributed by atoms with E-state index in [9.17, 15) is 4.79 Å². The van der Waals surface area contributed by atoms with Gasteiger partial charge in [0.15, 0.2) is 0 Å². The number of amides is 1. The third-order valence-electron chi connectivity index (χ3n) is 2.90. The van der Waals surface area contributed by atoms with Crippen LogP contribution in [0.2, 0.25) is 5.02 Å². The van der Waals surface area contributed by atoms with Crippen LogP contribution in [0.15, 0.2) is 42.5 Å². The van der Waals surface area contributed by atoms with Crippen LogP contribution >= 0.6 is 11.6 Å². The van der Waals surface area contributed by atoms with E-state index in [0.29, 0.717) is 17.3 Å². The van der Waals surface area contributed by atoms with E-state index in [0.717, 1.165) is 24.3 Å². The van der Waals surface area contributed by atoms with E-state index < -0.39 is 0 Å². The quantitative estimate of drug-likeness (QED) is 0.859. The number of rotatable bonds is 6. The summed E-state index contributed by atoms with van der Waals surface area (Å²) >= 11 is 5.83. The molecule has 1 aromatic heterocycles. The van der Waals surface area contributed by atoms with Crippen LogP contribution in [0.5, 0.6) is 0 Å². The van der Waals surface area contributed by atoms with Crippen molar-refractivity contribution in [3.8, 4) is 0 Å². The number of nitrogens with one attached hydrogen (secondary N) is 2. The molecule has 0 aliphatic rings. The number of benzene rings is 1. The first-order valence-corrected chi connectivity index (χ1v) is 7.30. The minimum absolute atomic E-state index is 0.190. The molecule has 21 heavy (non-hydrogen) atoms. The lowest BCUT2D eigenvalue weighted by atomic mass is 10.2. The Labute approximate surface area is 129 Å². The summed E-state index contributed by atoms with van der Waals surface area (Å²) in [4.78, 5) is 16.4. The van der Waals surface area contributed by atoms with Crippen LogP contribution in [0.1, 0.15) is 29.4 Å². The Balaban J connectivity index is 1.95. The van der Waals surface area contributed by atoms with Gasteiger partial charge in [-0.2, -0.15) is 0 Å². The van der Waals surface area contributed by atoms with Gasteiger partial charge in [-0.05, 0) is 36.2 Å². The molecule has 0 aliphatic heterocycles. The van der Waals surface area contributed by atoms with Gasteiger partial charge < -0.3 is 10.6 Å². The standard InChI is InChI=1S/C16H18ClN3O/c1-2-10-18-15-5-3-4-14(20-15)16(21)19-11-12-6-8-13(17)9-7-12/h3-9H,2,10-11H2,1H3,(H,18,20)(H,19,21). The molecular formula is C16H18ClN3O. The van der Waals surface area contributed by atoms with E-state index in [1.54, 1.807) is 18.2 Å². The molecule has 0 atom stereocenters. The SMILES string of the molecule is CCCNc1cccc(C(=O)NCc2ccc(Cl)cc2)n1. The van der Waals surface area contributed by atoms with E-state index in [4.69, 9.17) is 11.6 Å². The molecule has 0 fully saturated rings. The van der Waals surface area contributed by atoms with Crippen LogP contribution in [0, 0.1) is 0 Å². The van der Waals surface area contributed by atoms with Crippen LogP contribution in [0.4, 0.5) is 5.82 Å². The zero-order chi connectivity index (χ0) is 15.1. The minimum Gasteiger partial charge on any atom is -0.370 e. The van der Waals surface area contributed by atoms with Gasteiger partial charge in [-0.3, -0.25) is 4.79 Å². The van der Waals surface area contributed by atoms with Crippen molar-refractivity contribution in [2.24, 2.45) is 0 Å². The van der Waals surface area contributed by atoms with Gasteiger partial charge in [-0.25, -0.2) is 4.98 Å². The Morgan fingerprint density at radius 2 is 1.95 bits per heavy atom. The van der Waals surface area contributed by atoms with Gasteiger partial charge in [0.25, 0.3) is 5.91 Å². The predicted molar refractivity (Wildman–Crippen MR) is 85.6 cm³/mol. The molecule has 2 N–H and O–H groups in total. The summed E-state index contributed by atoms with van der Waals surface area (Å²) in [7, 11) is 0. The Morgan fingerprint density at radius 3 is 2.67 bits per heavy atom. The minimum atomic E-state index is -0.190. The third-order valence-corrected chi connectivity index (χ3v) is 3.16. The molecule has 0 radical (unpaired) electrons. The Kier molecular flexibility index (Phi) is 5.58. The second-order valence-electron chi connectivity index (χ2n) is 4.64. The van der Waals surface area contributed by atoms with E-state index in [1.807, 2.05) is 24.3 Å². The van der Waals surface area contributed by atoms with E-state index in [-0.39, 0.29) is 5.91 Å². The second-order valence-corrected chi connectivity index (χ2v) is 5.08. The summed E-state index contributed by atoms with van der Waals surface area (Å²) in [6.45, 7) is 3.36. The van der Waals surface area contributed by atoms with Crippen molar-refractivity contribution in [3.63, 3.8) is 0 Å². The summed E-state index contributed by atoms with van der Waals surface area (Å²) in [5.74, 6) is 0.529. The van der Waals surface area contributed by atoms with Gasteiger partial charge in [0.1, 0.15) is 11.5 Å². The number of hydrogen-bond donors (Lipinski definition) is 2. The number of carbonyl (C=O) groups excluding carboxylic acids is 1. The van der Waals surface area contributed by atoms with Gasteiger partial charge >= 0.3 is 0 Å². The van der Waals surface area contributed by atoms with Gasteiger partial charge in [-0.15, -0.1) is 0 Å². The lowest BCUT2D eigenvalue weighted by Crippen LogP contribution is -2.24. The molecule has 0 saturated heterocycles. The smallest absolute Gasteiger partial charge is 0.270 e. The maximum atomic E-state index is 12.1. The van der Waals surface area contributed by atoms with Crippen LogP contribution in [0.3, 0.4) is 0 Å². The van der Waals surface area contributed by atoms with Crippen molar-refractivity contribution in [2.45, 2.75) is 19.9 Å². The molecule has 0 spiro atoms. The maximum absolute atomic E-state index is 12.1. The molecule has 1 amide bonds. The highest BCUT2D eigenvalue weighted by molar-refractivity contribution is 6.30. The summed E-state index contributed by atoms with van der Waals surface area (Å²) in [6.07, 6.45) is 1.01. The molecule has 0 bridgehead atoms. The fourth-order valence-electron chi connectivity index (χ4n) is 1.79. The van der Waals surface area contributed by atoms with E-state index >= 15 is 0 Å². The average molecular weight is 304 g/mol. The van der Waals surface area contributed by atoms with Crippen molar-refractivity contribution in [2.75, 3.05) is 11.9 Å². The topological polar surface area (TPSA) is 54.0 Å². The summed E-state index contributed by atoms with van der Waals surface area (Å²) in [5, 5.41) is 6.69. The fourth-order valence-corrected chi connectivity index (χ4v) is 1.91. The molecule has 110 valence electrons. The number of carbonyl (C=O) groups is 1. The molecule has 0 aliphatic carbocycles. The Hall–Kier alpha value is -2.07. The van der Waals surface area contributed by atoms with Gasteiger partial charge in [0.05, 0.1) is 0 Å². The van der Waals surface area contributed by atoms with Crippen molar-refractivity contribution >= 4 is 23.3 Å². The third kappa shape index (κ3) is 4.76. The molecular weight excluding hydrogens is 286 g/mol. The first kappa shape index (κ1) is 15.3. The normalized spacial score (nSPS) is 10.2. The Bertz CT molecular complexity index is 599. The van der Waals surface area contributed by atoms with E-state index in [2.05, 4.69) is 22.5 Å².